The Morgan fingerprint density at radius 1 is 1.23 bits per heavy atom. The predicted octanol–water partition coefficient (Wildman–Crippen LogP) is 2.36. The maximum absolute atomic E-state index is 12.0. The van der Waals surface area contributed by atoms with Gasteiger partial charge in [0, 0.05) is 23.6 Å². The van der Waals surface area contributed by atoms with Crippen molar-refractivity contribution in [1.29, 1.82) is 0 Å². The van der Waals surface area contributed by atoms with Gasteiger partial charge in [-0.05, 0) is 25.1 Å². The number of nitrogens with one attached hydrogen (secondary N) is 2. The number of methoxy groups -OCH3 is 1. The first-order valence-corrected chi connectivity index (χ1v) is 7.27. The first-order chi connectivity index (χ1) is 10.3. The van der Waals surface area contributed by atoms with Crippen molar-refractivity contribution in [3.05, 3.63) is 18.2 Å². The summed E-state index contributed by atoms with van der Waals surface area (Å²) in [6.07, 6.45) is 1.02. The number of nitrogens with two attached hydrogens (primary N) is 1. The summed E-state index contributed by atoms with van der Waals surface area (Å²) in [7, 11) is 1.52. The Morgan fingerprint density at radius 3 is 2.45 bits per heavy atom. The Morgan fingerprint density at radius 2 is 1.91 bits per heavy atom. The van der Waals surface area contributed by atoms with Crippen LogP contribution in [0.5, 0.6) is 5.75 Å². The molecule has 0 aliphatic heterocycles. The Bertz CT molecular complexity index is 536. The molecule has 22 heavy (non-hydrogen) atoms. The van der Waals surface area contributed by atoms with Crippen LogP contribution in [0.25, 0.3) is 0 Å². The molecule has 6 heteroatoms. The molecule has 4 N–H and O–H groups in total. The minimum Gasteiger partial charge on any atom is -0.494 e. The summed E-state index contributed by atoms with van der Waals surface area (Å²) in [5.41, 5.74) is 6.07. The average Bonchev–Trinajstić information content (AvgIpc) is 2.45. The van der Waals surface area contributed by atoms with Crippen LogP contribution in [0.1, 0.15) is 33.6 Å². The van der Waals surface area contributed by atoms with Gasteiger partial charge in [-0.15, -0.1) is 0 Å². The topological polar surface area (TPSA) is 93.4 Å². The zero-order valence-electron chi connectivity index (χ0n) is 13.7. The smallest absolute Gasteiger partial charge is 0.229 e. The predicted molar refractivity (Wildman–Crippen MR) is 88.0 cm³/mol. The third kappa shape index (κ3) is 5.37. The van der Waals surface area contributed by atoms with Crippen LogP contribution in [0.4, 0.5) is 11.4 Å². The molecule has 0 aromatic heterocycles. The van der Waals surface area contributed by atoms with Crippen LogP contribution in [0.3, 0.4) is 0 Å². The molecule has 0 radical (unpaired) electrons. The van der Waals surface area contributed by atoms with E-state index >= 15 is 0 Å². The molecule has 0 spiro atoms. The lowest BCUT2D eigenvalue weighted by atomic mass is 9.95. The van der Waals surface area contributed by atoms with Crippen LogP contribution < -0.4 is 21.1 Å². The van der Waals surface area contributed by atoms with Crippen LogP contribution in [-0.4, -0.2) is 25.5 Å². The molecule has 122 valence electrons. The fourth-order valence-electron chi connectivity index (χ4n) is 1.67. The van der Waals surface area contributed by atoms with E-state index in [4.69, 9.17) is 10.5 Å². The summed E-state index contributed by atoms with van der Waals surface area (Å²) >= 11 is 0. The van der Waals surface area contributed by atoms with Gasteiger partial charge in [0.15, 0.2) is 0 Å². The van der Waals surface area contributed by atoms with Crippen molar-refractivity contribution in [2.24, 2.45) is 11.1 Å². The third-order valence-corrected chi connectivity index (χ3v) is 3.02. The molecule has 2 amide bonds. The lowest BCUT2D eigenvalue weighted by molar-refractivity contribution is -0.123. The lowest BCUT2D eigenvalue weighted by Crippen LogP contribution is -2.27. The normalized spacial score (nSPS) is 11.0. The van der Waals surface area contributed by atoms with E-state index in [1.54, 1.807) is 18.2 Å². The highest BCUT2D eigenvalue weighted by Gasteiger charge is 2.22. The highest BCUT2D eigenvalue weighted by atomic mass is 16.5. The van der Waals surface area contributed by atoms with Gasteiger partial charge in [0.05, 0.1) is 12.8 Å². The van der Waals surface area contributed by atoms with Crippen LogP contribution >= 0.6 is 0 Å². The summed E-state index contributed by atoms with van der Waals surface area (Å²) in [5.74, 6) is 0.290. The molecule has 0 aliphatic carbocycles. The molecule has 0 aliphatic rings. The second kappa shape index (κ2) is 7.79. The van der Waals surface area contributed by atoms with Crippen molar-refractivity contribution in [3.63, 3.8) is 0 Å². The second-order valence-corrected chi connectivity index (χ2v) is 6.06. The summed E-state index contributed by atoms with van der Waals surface area (Å²) in [5, 5.41) is 5.60. The highest BCUT2D eigenvalue weighted by molar-refractivity contribution is 5.97. The largest absolute Gasteiger partial charge is 0.494 e. The van der Waals surface area contributed by atoms with Gasteiger partial charge in [-0.1, -0.05) is 20.8 Å². The van der Waals surface area contributed by atoms with E-state index in [0.29, 0.717) is 36.5 Å². The molecular formula is C16H25N3O3. The van der Waals surface area contributed by atoms with Crippen LogP contribution in [-0.2, 0) is 9.59 Å². The fraction of sp³-hybridized carbons (Fsp3) is 0.500. The van der Waals surface area contributed by atoms with E-state index in [1.165, 1.54) is 7.11 Å². The molecule has 0 atom stereocenters. The highest BCUT2D eigenvalue weighted by Crippen LogP contribution is 2.29. The Labute approximate surface area is 131 Å². The number of hydrogen-bond donors (Lipinski definition) is 3. The summed E-state index contributed by atoms with van der Waals surface area (Å²) < 4.78 is 5.28. The molecular weight excluding hydrogens is 282 g/mol. The molecule has 0 unspecified atom stereocenters. The van der Waals surface area contributed by atoms with Crippen molar-refractivity contribution >= 4 is 23.2 Å². The van der Waals surface area contributed by atoms with E-state index < -0.39 is 5.41 Å². The average molecular weight is 307 g/mol. The quantitative estimate of drug-likeness (QED) is 0.752. The number of ether oxygens (including phenoxy) is 1. The van der Waals surface area contributed by atoms with Gasteiger partial charge < -0.3 is 21.1 Å². The van der Waals surface area contributed by atoms with Crippen molar-refractivity contribution in [1.82, 2.24) is 0 Å². The fourth-order valence-corrected chi connectivity index (χ4v) is 1.67. The number of carbonyl (C=O) groups is 2. The Balaban J connectivity index is 2.83. The molecule has 0 saturated carbocycles. The Hall–Kier alpha value is -2.08. The van der Waals surface area contributed by atoms with Gasteiger partial charge >= 0.3 is 0 Å². The SMILES string of the molecule is COc1cc(NC(=O)CCCN)ccc1NC(=O)C(C)(C)C. The van der Waals surface area contributed by atoms with Crippen molar-refractivity contribution in [3.8, 4) is 5.75 Å². The monoisotopic (exact) mass is 307 g/mol. The second-order valence-electron chi connectivity index (χ2n) is 6.06. The van der Waals surface area contributed by atoms with Gasteiger partial charge in [-0.2, -0.15) is 0 Å². The van der Waals surface area contributed by atoms with E-state index in [9.17, 15) is 9.59 Å². The zero-order valence-corrected chi connectivity index (χ0v) is 13.7. The van der Waals surface area contributed by atoms with E-state index in [1.807, 2.05) is 20.8 Å². The molecule has 0 heterocycles. The molecule has 0 bridgehead atoms. The van der Waals surface area contributed by atoms with Gasteiger partial charge in [-0.25, -0.2) is 0 Å². The van der Waals surface area contributed by atoms with Gasteiger partial charge in [0.1, 0.15) is 5.75 Å². The maximum atomic E-state index is 12.0. The molecule has 1 aromatic rings. The Kier molecular flexibility index (Phi) is 6.37. The molecule has 6 nitrogen and oxygen atoms in total. The number of rotatable bonds is 6. The van der Waals surface area contributed by atoms with Crippen LogP contribution in [0.2, 0.25) is 0 Å². The number of amides is 2. The maximum Gasteiger partial charge on any atom is 0.229 e. The third-order valence-electron chi connectivity index (χ3n) is 3.02. The summed E-state index contributed by atoms with van der Waals surface area (Å²) in [6, 6.07) is 5.11. The van der Waals surface area contributed by atoms with E-state index in [2.05, 4.69) is 10.6 Å². The van der Waals surface area contributed by atoms with Gasteiger partial charge in [-0.3, -0.25) is 9.59 Å². The van der Waals surface area contributed by atoms with Crippen LogP contribution in [0, 0.1) is 5.41 Å². The molecule has 1 rings (SSSR count). The first kappa shape index (κ1) is 18.0. The number of carbonyl (C=O) groups excluding carboxylic acids is 2. The summed E-state index contributed by atoms with van der Waals surface area (Å²) in [4.78, 5) is 23.7. The minimum atomic E-state index is -0.500. The molecule has 0 saturated heterocycles. The number of hydrogen-bond acceptors (Lipinski definition) is 4. The van der Waals surface area contributed by atoms with Crippen LogP contribution in [0.15, 0.2) is 18.2 Å². The number of anilines is 2. The summed E-state index contributed by atoms with van der Waals surface area (Å²) in [6.45, 7) is 5.98. The molecule has 0 fully saturated rings. The van der Waals surface area contributed by atoms with Gasteiger partial charge in [0.25, 0.3) is 0 Å². The minimum absolute atomic E-state index is 0.0982. The van der Waals surface area contributed by atoms with E-state index in [0.717, 1.165) is 0 Å². The van der Waals surface area contributed by atoms with Gasteiger partial charge in [0.2, 0.25) is 11.8 Å². The van der Waals surface area contributed by atoms with Crippen molar-refractivity contribution in [2.75, 3.05) is 24.3 Å². The lowest BCUT2D eigenvalue weighted by Gasteiger charge is -2.19. The standard InChI is InChI=1S/C16H25N3O3/c1-16(2,3)15(21)19-12-8-7-11(10-13(12)22-4)18-14(20)6-5-9-17/h7-8,10H,5-6,9,17H2,1-4H3,(H,18,20)(H,19,21). The first-order valence-electron chi connectivity index (χ1n) is 7.27. The zero-order chi connectivity index (χ0) is 16.8. The van der Waals surface area contributed by atoms with Crippen molar-refractivity contribution < 1.29 is 14.3 Å². The number of benzene rings is 1. The molecule has 1 aromatic carbocycles. The van der Waals surface area contributed by atoms with E-state index in [-0.39, 0.29) is 11.8 Å². The van der Waals surface area contributed by atoms with Crippen molar-refractivity contribution in [2.45, 2.75) is 33.6 Å².